The number of alkyl halides is 1. The fraction of sp³-hybridized carbons (Fsp3) is 0.714. The molecule has 136 valence electrons. The molecule has 0 aromatic heterocycles. The first kappa shape index (κ1) is 20.2. The number of halogens is 1. The minimum atomic E-state index is -1.22. The molecule has 0 N–H and O–H groups in total. The number of rotatable bonds is 5. The van der Waals surface area contributed by atoms with Crippen LogP contribution in [0.3, 0.4) is 0 Å². The zero-order chi connectivity index (χ0) is 18.4. The smallest absolute Gasteiger partial charge is 0.303 e. The first-order chi connectivity index (χ1) is 11.1. The van der Waals surface area contributed by atoms with Gasteiger partial charge in [0.1, 0.15) is 12.7 Å². The molecule has 0 saturated carbocycles. The van der Waals surface area contributed by atoms with Crippen molar-refractivity contribution in [3.05, 3.63) is 0 Å². The Labute approximate surface area is 143 Å². The van der Waals surface area contributed by atoms with E-state index in [4.69, 9.17) is 35.3 Å². The maximum Gasteiger partial charge on any atom is 0.303 e. The zero-order valence-electron chi connectivity index (χ0n) is 13.6. The van der Waals surface area contributed by atoms with E-state index < -0.39 is 53.9 Å². The average Bonchev–Trinajstić information content (AvgIpc) is 2.42. The molecule has 0 aliphatic carbocycles. The molecule has 24 heavy (non-hydrogen) atoms. The van der Waals surface area contributed by atoms with Crippen molar-refractivity contribution in [2.24, 2.45) is 0 Å². The quantitative estimate of drug-likeness (QED) is 0.385. The lowest BCUT2D eigenvalue weighted by Crippen LogP contribution is -2.61. The van der Waals surface area contributed by atoms with E-state index in [-0.39, 0.29) is 6.61 Å². The van der Waals surface area contributed by atoms with Crippen molar-refractivity contribution in [3.63, 3.8) is 0 Å². The zero-order valence-corrected chi connectivity index (χ0v) is 14.4. The lowest BCUT2D eigenvalue weighted by molar-refractivity contribution is -0.238. The third-order valence-corrected chi connectivity index (χ3v) is 3.29. The van der Waals surface area contributed by atoms with Crippen molar-refractivity contribution in [2.45, 2.75) is 57.7 Å². The fourth-order valence-electron chi connectivity index (χ4n) is 2.18. The normalized spacial score (nSPS) is 29.3. The second-order valence-electron chi connectivity index (χ2n) is 5.05. The maximum absolute atomic E-state index is 11.4. The number of esters is 4. The number of carbonyl (C=O) groups is 4. The summed E-state index contributed by atoms with van der Waals surface area (Å²) in [6.45, 7) is 4.31. The minimum absolute atomic E-state index is 0.291. The van der Waals surface area contributed by atoms with Gasteiger partial charge >= 0.3 is 23.9 Å². The molecule has 0 aromatic rings. The summed E-state index contributed by atoms with van der Waals surface area (Å²) < 4.78 is 25.6. The summed E-state index contributed by atoms with van der Waals surface area (Å²) in [4.78, 5) is 45.0. The van der Waals surface area contributed by atoms with Gasteiger partial charge in [0.2, 0.25) is 0 Å². The Morgan fingerprint density at radius 3 is 1.71 bits per heavy atom. The van der Waals surface area contributed by atoms with Crippen LogP contribution < -0.4 is 0 Å². The molecule has 1 fully saturated rings. The summed E-state index contributed by atoms with van der Waals surface area (Å²) in [5.74, 6) is -2.67. The molecule has 1 heterocycles. The molecule has 0 amide bonds. The summed E-state index contributed by atoms with van der Waals surface area (Å²) >= 11 is 6.05. The Balaban J connectivity index is 3.11. The monoisotopic (exact) mass is 366 g/mol. The standard InChI is InChI=1S/C14H19ClO9/c1-6(16)20-5-10-11(21-7(2)17)12(22-8(3)18)13(14(15)24-10)23-9(4)19/h10-14H,5H2,1-4H3/t10-,11-,12+,13-,14?/m1/s1. The van der Waals surface area contributed by atoms with Crippen molar-refractivity contribution in [1.29, 1.82) is 0 Å². The van der Waals surface area contributed by atoms with Gasteiger partial charge in [-0.2, -0.15) is 0 Å². The third kappa shape index (κ3) is 5.97. The van der Waals surface area contributed by atoms with Crippen LogP contribution in [0.25, 0.3) is 0 Å². The molecular formula is C14H19ClO9. The van der Waals surface area contributed by atoms with E-state index in [0.717, 1.165) is 20.8 Å². The van der Waals surface area contributed by atoms with E-state index in [1.165, 1.54) is 6.92 Å². The van der Waals surface area contributed by atoms with Crippen LogP contribution in [0.2, 0.25) is 0 Å². The Hall–Kier alpha value is -1.87. The molecule has 1 aliphatic rings. The van der Waals surface area contributed by atoms with E-state index in [0.29, 0.717) is 0 Å². The van der Waals surface area contributed by atoms with Crippen molar-refractivity contribution in [1.82, 2.24) is 0 Å². The molecule has 9 nitrogen and oxygen atoms in total. The molecule has 0 aromatic carbocycles. The van der Waals surface area contributed by atoms with Crippen LogP contribution in [0.15, 0.2) is 0 Å². The van der Waals surface area contributed by atoms with Crippen molar-refractivity contribution in [3.8, 4) is 0 Å². The first-order valence-electron chi connectivity index (χ1n) is 7.06. The summed E-state index contributed by atoms with van der Waals surface area (Å²) in [5, 5.41) is 0. The molecular weight excluding hydrogens is 348 g/mol. The lowest BCUT2D eigenvalue weighted by Gasteiger charge is -2.42. The Morgan fingerprint density at radius 2 is 1.25 bits per heavy atom. The average molecular weight is 367 g/mol. The van der Waals surface area contributed by atoms with Gasteiger partial charge in [-0.05, 0) is 0 Å². The Morgan fingerprint density at radius 1 is 0.792 bits per heavy atom. The van der Waals surface area contributed by atoms with Crippen molar-refractivity contribution >= 4 is 35.5 Å². The van der Waals surface area contributed by atoms with Gasteiger partial charge < -0.3 is 23.7 Å². The fourth-order valence-corrected chi connectivity index (χ4v) is 2.50. The lowest BCUT2D eigenvalue weighted by atomic mass is 9.99. The second kappa shape index (κ2) is 8.84. The Kier molecular flexibility index (Phi) is 7.43. The van der Waals surface area contributed by atoms with Crippen LogP contribution in [0, 0.1) is 0 Å². The summed E-state index contributed by atoms with van der Waals surface area (Å²) in [5.41, 5.74) is -1.20. The predicted molar refractivity (Wildman–Crippen MR) is 77.8 cm³/mol. The van der Waals surface area contributed by atoms with Gasteiger partial charge in [-0.25, -0.2) is 0 Å². The number of hydrogen-bond donors (Lipinski definition) is 0. The van der Waals surface area contributed by atoms with Gasteiger partial charge in [-0.15, -0.1) is 0 Å². The Bertz CT molecular complexity index is 506. The van der Waals surface area contributed by atoms with E-state index in [2.05, 4.69) is 0 Å². The highest BCUT2D eigenvalue weighted by atomic mass is 35.5. The van der Waals surface area contributed by atoms with Crippen LogP contribution in [-0.2, 0) is 42.9 Å². The maximum atomic E-state index is 11.4. The molecule has 1 unspecified atom stereocenters. The van der Waals surface area contributed by atoms with E-state index >= 15 is 0 Å². The molecule has 1 saturated heterocycles. The SMILES string of the molecule is CC(=O)OC[C@H]1OC(Cl)[C@H](OC(C)=O)[C@@H](OC(C)=O)[C@@H]1OC(C)=O. The van der Waals surface area contributed by atoms with E-state index in [9.17, 15) is 19.2 Å². The van der Waals surface area contributed by atoms with Crippen LogP contribution >= 0.6 is 11.6 Å². The first-order valence-corrected chi connectivity index (χ1v) is 7.50. The van der Waals surface area contributed by atoms with Gasteiger partial charge in [0.05, 0.1) is 0 Å². The van der Waals surface area contributed by atoms with E-state index in [1.54, 1.807) is 0 Å². The highest BCUT2D eigenvalue weighted by molar-refractivity contribution is 6.20. The number of carbonyl (C=O) groups excluding carboxylic acids is 4. The van der Waals surface area contributed by atoms with Gasteiger partial charge in [0.15, 0.2) is 23.9 Å². The van der Waals surface area contributed by atoms with Crippen LogP contribution in [0.1, 0.15) is 27.7 Å². The van der Waals surface area contributed by atoms with Crippen molar-refractivity contribution < 1.29 is 42.9 Å². The van der Waals surface area contributed by atoms with Gasteiger partial charge in [0, 0.05) is 27.7 Å². The largest absolute Gasteiger partial charge is 0.463 e. The highest BCUT2D eigenvalue weighted by Gasteiger charge is 2.51. The minimum Gasteiger partial charge on any atom is -0.463 e. The highest BCUT2D eigenvalue weighted by Crippen LogP contribution is 2.30. The molecule has 1 aliphatic heterocycles. The van der Waals surface area contributed by atoms with Crippen LogP contribution in [0.5, 0.6) is 0 Å². The molecule has 0 spiro atoms. The number of ether oxygens (including phenoxy) is 5. The van der Waals surface area contributed by atoms with Gasteiger partial charge in [-0.1, -0.05) is 11.6 Å². The van der Waals surface area contributed by atoms with E-state index in [1.807, 2.05) is 0 Å². The predicted octanol–water partition coefficient (Wildman–Crippen LogP) is 0.308. The topological polar surface area (TPSA) is 114 Å². The van der Waals surface area contributed by atoms with Gasteiger partial charge in [0.25, 0.3) is 0 Å². The molecule has 10 heteroatoms. The summed E-state index contributed by atoms with van der Waals surface area (Å²) in [7, 11) is 0. The van der Waals surface area contributed by atoms with Crippen LogP contribution in [0.4, 0.5) is 0 Å². The molecule has 5 atom stereocenters. The van der Waals surface area contributed by atoms with Crippen LogP contribution in [-0.4, -0.2) is 60.5 Å². The van der Waals surface area contributed by atoms with Gasteiger partial charge in [-0.3, -0.25) is 19.2 Å². The molecule has 1 rings (SSSR count). The molecule has 0 bridgehead atoms. The van der Waals surface area contributed by atoms with Crippen molar-refractivity contribution in [2.75, 3.05) is 6.61 Å². The summed E-state index contributed by atoms with van der Waals surface area (Å²) in [6, 6.07) is 0. The molecule has 0 radical (unpaired) electrons. The second-order valence-corrected chi connectivity index (χ2v) is 5.48. The number of hydrogen-bond acceptors (Lipinski definition) is 9. The third-order valence-electron chi connectivity index (χ3n) is 2.93. The summed E-state index contributed by atoms with van der Waals surface area (Å²) in [6.07, 6.45) is -4.60.